The summed E-state index contributed by atoms with van der Waals surface area (Å²) in [5, 5.41) is 3.60. The first kappa shape index (κ1) is 13.7. The van der Waals surface area contributed by atoms with Crippen LogP contribution in [0, 0.1) is 6.92 Å². The lowest BCUT2D eigenvalue weighted by Crippen LogP contribution is -2.24. The van der Waals surface area contributed by atoms with Crippen LogP contribution in [-0.4, -0.2) is 15.6 Å². The summed E-state index contributed by atoms with van der Waals surface area (Å²) in [6, 6.07) is 6.99. The van der Waals surface area contributed by atoms with E-state index in [9.17, 15) is 0 Å². The average Bonchev–Trinajstić information content (AvgIpc) is 2.87. The van der Waals surface area contributed by atoms with Crippen LogP contribution >= 0.6 is 15.9 Å². The Morgan fingerprint density at radius 1 is 1.20 bits per heavy atom. The number of benzene rings is 1. The molecule has 0 saturated heterocycles. The number of nitrogens with zero attached hydrogens (tertiary/aromatic N) is 2. The van der Waals surface area contributed by atoms with E-state index in [1.807, 2.05) is 12.4 Å². The maximum Gasteiger partial charge on any atom is 0.207 e. The van der Waals surface area contributed by atoms with Gasteiger partial charge >= 0.3 is 0 Å². The third-order valence-electron chi connectivity index (χ3n) is 3.88. The zero-order chi connectivity index (χ0) is 13.9. The third kappa shape index (κ3) is 3.06. The van der Waals surface area contributed by atoms with Gasteiger partial charge in [0.1, 0.15) is 0 Å². The Bertz CT molecular complexity index is 565. The molecule has 3 rings (SSSR count). The van der Waals surface area contributed by atoms with E-state index in [0.717, 1.165) is 16.1 Å². The Kier molecular flexibility index (Phi) is 4.10. The number of anilines is 1. The van der Waals surface area contributed by atoms with Crippen molar-refractivity contribution in [3.63, 3.8) is 0 Å². The molecule has 0 amide bonds. The first-order valence-electron chi connectivity index (χ1n) is 7.30. The van der Waals surface area contributed by atoms with Crippen LogP contribution in [0.5, 0.6) is 0 Å². The number of nitrogens with one attached hydrogen (secondary N) is 1. The highest BCUT2D eigenvalue weighted by Crippen LogP contribution is 2.24. The lowest BCUT2D eigenvalue weighted by Gasteiger charge is -2.23. The van der Waals surface area contributed by atoms with Gasteiger partial charge < -0.3 is 5.32 Å². The molecule has 1 heterocycles. The molecule has 1 N–H and O–H groups in total. The molecule has 0 aliphatic heterocycles. The largest absolute Gasteiger partial charge is 0.353 e. The van der Waals surface area contributed by atoms with Crippen molar-refractivity contribution >= 4 is 21.9 Å². The molecule has 0 atom stereocenters. The Balaban J connectivity index is 1.85. The van der Waals surface area contributed by atoms with Gasteiger partial charge in [0.2, 0.25) is 5.95 Å². The Hall–Kier alpha value is -1.29. The van der Waals surface area contributed by atoms with E-state index in [-0.39, 0.29) is 0 Å². The molecule has 1 aromatic carbocycles. The molecule has 1 saturated carbocycles. The van der Waals surface area contributed by atoms with Gasteiger partial charge in [0, 0.05) is 28.6 Å². The number of aromatic nitrogens is 2. The Morgan fingerprint density at radius 2 is 2.00 bits per heavy atom. The van der Waals surface area contributed by atoms with Gasteiger partial charge in [-0.3, -0.25) is 4.57 Å². The van der Waals surface area contributed by atoms with Crippen LogP contribution in [-0.2, 0) is 0 Å². The topological polar surface area (TPSA) is 29.9 Å². The SMILES string of the molecule is Cc1cc(Br)cc(-n2ccnc2NC2CCCCC2)c1. The van der Waals surface area contributed by atoms with Crippen LogP contribution < -0.4 is 5.32 Å². The number of aryl methyl sites for hydroxylation is 1. The van der Waals surface area contributed by atoms with Gasteiger partial charge in [-0.05, 0) is 43.5 Å². The second-order valence-corrected chi connectivity index (χ2v) is 6.50. The van der Waals surface area contributed by atoms with E-state index in [2.05, 4.69) is 55.9 Å². The molecular weight excluding hydrogens is 314 g/mol. The molecule has 1 aliphatic carbocycles. The van der Waals surface area contributed by atoms with Crippen molar-refractivity contribution in [2.75, 3.05) is 5.32 Å². The zero-order valence-corrected chi connectivity index (χ0v) is 13.4. The molecule has 0 radical (unpaired) electrons. The lowest BCUT2D eigenvalue weighted by molar-refractivity contribution is 0.460. The van der Waals surface area contributed by atoms with E-state index in [1.165, 1.54) is 37.7 Å². The van der Waals surface area contributed by atoms with Crippen LogP contribution in [0.25, 0.3) is 5.69 Å². The second-order valence-electron chi connectivity index (χ2n) is 5.59. The van der Waals surface area contributed by atoms with Crippen LogP contribution in [0.3, 0.4) is 0 Å². The van der Waals surface area contributed by atoms with Crippen LogP contribution in [0.2, 0.25) is 0 Å². The smallest absolute Gasteiger partial charge is 0.207 e. The minimum atomic E-state index is 0.568. The number of rotatable bonds is 3. The van der Waals surface area contributed by atoms with Crippen LogP contribution in [0.1, 0.15) is 37.7 Å². The van der Waals surface area contributed by atoms with Crippen molar-refractivity contribution in [2.45, 2.75) is 45.1 Å². The quantitative estimate of drug-likeness (QED) is 0.883. The van der Waals surface area contributed by atoms with Gasteiger partial charge in [0.15, 0.2) is 0 Å². The van der Waals surface area contributed by atoms with Gasteiger partial charge in [0.05, 0.1) is 0 Å². The van der Waals surface area contributed by atoms with Crippen molar-refractivity contribution in [1.82, 2.24) is 9.55 Å². The monoisotopic (exact) mass is 333 g/mol. The van der Waals surface area contributed by atoms with Crippen molar-refractivity contribution in [3.8, 4) is 5.69 Å². The molecule has 2 aromatic rings. The van der Waals surface area contributed by atoms with E-state index >= 15 is 0 Å². The fourth-order valence-electron chi connectivity index (χ4n) is 2.90. The highest BCUT2D eigenvalue weighted by atomic mass is 79.9. The Labute approximate surface area is 128 Å². The zero-order valence-electron chi connectivity index (χ0n) is 11.8. The highest BCUT2D eigenvalue weighted by Gasteiger charge is 2.15. The molecule has 106 valence electrons. The van der Waals surface area contributed by atoms with E-state index in [1.54, 1.807) is 0 Å². The highest BCUT2D eigenvalue weighted by molar-refractivity contribution is 9.10. The van der Waals surface area contributed by atoms with Gasteiger partial charge in [-0.1, -0.05) is 35.2 Å². The van der Waals surface area contributed by atoms with Crippen LogP contribution in [0.4, 0.5) is 5.95 Å². The third-order valence-corrected chi connectivity index (χ3v) is 4.34. The summed E-state index contributed by atoms with van der Waals surface area (Å²) in [6.45, 7) is 2.11. The predicted molar refractivity (Wildman–Crippen MR) is 86.5 cm³/mol. The van der Waals surface area contributed by atoms with Crippen LogP contribution in [0.15, 0.2) is 35.1 Å². The summed E-state index contributed by atoms with van der Waals surface area (Å²) in [4.78, 5) is 4.48. The fourth-order valence-corrected chi connectivity index (χ4v) is 3.50. The summed E-state index contributed by atoms with van der Waals surface area (Å²) in [5.41, 5.74) is 2.39. The summed E-state index contributed by atoms with van der Waals surface area (Å²) in [7, 11) is 0. The van der Waals surface area contributed by atoms with Gasteiger partial charge in [-0.2, -0.15) is 0 Å². The summed E-state index contributed by atoms with van der Waals surface area (Å²) in [6.07, 6.45) is 10.4. The molecular formula is C16H20BrN3. The standard InChI is InChI=1S/C16H20BrN3/c1-12-9-13(17)11-15(10-12)20-8-7-18-16(20)19-14-5-3-2-4-6-14/h7-11,14H,2-6H2,1H3,(H,18,19). The molecule has 0 unspecified atom stereocenters. The number of hydrogen-bond acceptors (Lipinski definition) is 2. The number of halogens is 1. The maximum atomic E-state index is 4.48. The Morgan fingerprint density at radius 3 is 2.75 bits per heavy atom. The maximum absolute atomic E-state index is 4.48. The van der Waals surface area contributed by atoms with E-state index < -0.39 is 0 Å². The first-order valence-corrected chi connectivity index (χ1v) is 8.09. The molecule has 20 heavy (non-hydrogen) atoms. The molecule has 1 aliphatic rings. The van der Waals surface area contributed by atoms with Crippen molar-refractivity contribution in [1.29, 1.82) is 0 Å². The normalized spacial score (nSPS) is 16.3. The summed E-state index contributed by atoms with van der Waals surface area (Å²) in [5.74, 6) is 0.953. The van der Waals surface area contributed by atoms with Crippen molar-refractivity contribution < 1.29 is 0 Å². The van der Waals surface area contributed by atoms with E-state index in [0.29, 0.717) is 6.04 Å². The number of imidazole rings is 1. The minimum absolute atomic E-state index is 0.568. The molecule has 0 spiro atoms. The van der Waals surface area contributed by atoms with Gasteiger partial charge in [0.25, 0.3) is 0 Å². The predicted octanol–water partition coefficient (Wildman–Crippen LogP) is 4.69. The minimum Gasteiger partial charge on any atom is -0.353 e. The molecule has 1 fully saturated rings. The fraction of sp³-hybridized carbons (Fsp3) is 0.438. The van der Waals surface area contributed by atoms with Gasteiger partial charge in [-0.25, -0.2) is 4.98 Å². The number of hydrogen-bond donors (Lipinski definition) is 1. The molecule has 1 aromatic heterocycles. The lowest BCUT2D eigenvalue weighted by atomic mass is 9.96. The summed E-state index contributed by atoms with van der Waals surface area (Å²) >= 11 is 3.57. The van der Waals surface area contributed by atoms with E-state index in [4.69, 9.17) is 0 Å². The van der Waals surface area contributed by atoms with Crippen molar-refractivity contribution in [3.05, 3.63) is 40.6 Å². The molecule has 3 nitrogen and oxygen atoms in total. The first-order chi connectivity index (χ1) is 9.72. The van der Waals surface area contributed by atoms with Gasteiger partial charge in [-0.15, -0.1) is 0 Å². The average molecular weight is 334 g/mol. The van der Waals surface area contributed by atoms with Crippen molar-refractivity contribution in [2.24, 2.45) is 0 Å². The molecule has 4 heteroatoms. The molecule has 0 bridgehead atoms. The second kappa shape index (κ2) is 6.00. The summed E-state index contributed by atoms with van der Waals surface area (Å²) < 4.78 is 3.23.